The van der Waals surface area contributed by atoms with Crippen molar-refractivity contribution in [3.63, 3.8) is 0 Å². The van der Waals surface area contributed by atoms with Crippen LogP contribution in [0.2, 0.25) is 0 Å². The van der Waals surface area contributed by atoms with Gasteiger partial charge in [0.15, 0.2) is 0 Å². The number of rotatable bonds is 4. The van der Waals surface area contributed by atoms with Crippen molar-refractivity contribution >= 4 is 22.4 Å². The van der Waals surface area contributed by atoms with Crippen LogP contribution in [0, 0.1) is 16.0 Å². The Labute approximate surface area is 121 Å². The van der Waals surface area contributed by atoms with Crippen LogP contribution in [0.15, 0.2) is 24.5 Å². The van der Waals surface area contributed by atoms with E-state index in [4.69, 9.17) is 0 Å². The molecule has 0 radical (unpaired) electrons. The zero-order valence-electron chi connectivity index (χ0n) is 11.4. The summed E-state index contributed by atoms with van der Waals surface area (Å²) in [5, 5.41) is 24.3. The molecule has 2 N–H and O–H groups in total. The third-order valence-electron chi connectivity index (χ3n) is 3.90. The van der Waals surface area contributed by atoms with E-state index in [1.54, 1.807) is 6.07 Å². The van der Waals surface area contributed by atoms with Crippen molar-refractivity contribution in [1.29, 1.82) is 0 Å². The lowest BCUT2D eigenvalue weighted by atomic mass is 10.1. The Balaban J connectivity index is 1.83. The van der Waals surface area contributed by atoms with E-state index in [0.717, 1.165) is 19.3 Å². The van der Waals surface area contributed by atoms with Gasteiger partial charge in [-0.15, -0.1) is 0 Å². The Bertz CT molecular complexity index is 676. The number of nitro groups is 1. The predicted molar refractivity (Wildman–Crippen MR) is 78.0 cm³/mol. The molecule has 3 rings (SSSR count). The lowest BCUT2D eigenvalue weighted by Gasteiger charge is -2.12. The average molecular weight is 288 g/mol. The van der Waals surface area contributed by atoms with Crippen LogP contribution in [0.3, 0.4) is 0 Å². The molecule has 0 aliphatic heterocycles. The van der Waals surface area contributed by atoms with E-state index in [-0.39, 0.29) is 11.8 Å². The van der Waals surface area contributed by atoms with E-state index in [1.165, 1.54) is 18.5 Å². The summed E-state index contributed by atoms with van der Waals surface area (Å²) < 4.78 is 0. The van der Waals surface area contributed by atoms with Crippen LogP contribution in [0.4, 0.5) is 11.5 Å². The van der Waals surface area contributed by atoms with Gasteiger partial charge in [0.1, 0.15) is 12.1 Å². The van der Waals surface area contributed by atoms with Gasteiger partial charge in [-0.3, -0.25) is 10.1 Å². The molecule has 0 amide bonds. The minimum Gasteiger partial charge on any atom is -0.393 e. The number of hydrogen-bond acceptors (Lipinski definition) is 6. The van der Waals surface area contributed by atoms with E-state index < -0.39 is 4.92 Å². The van der Waals surface area contributed by atoms with Crippen molar-refractivity contribution < 1.29 is 10.0 Å². The summed E-state index contributed by atoms with van der Waals surface area (Å²) in [5.74, 6) is 1.01. The maximum atomic E-state index is 10.9. The lowest BCUT2D eigenvalue weighted by Crippen LogP contribution is -2.13. The number of fused-ring (bicyclic) bond motifs is 1. The highest BCUT2D eigenvalue weighted by molar-refractivity contribution is 5.90. The highest BCUT2D eigenvalue weighted by atomic mass is 16.6. The number of nitrogens with one attached hydrogen (secondary N) is 1. The monoisotopic (exact) mass is 288 g/mol. The largest absolute Gasteiger partial charge is 0.393 e. The molecule has 0 spiro atoms. The standard InChI is InChI=1S/C14H16N4O3/c19-11-3-1-9(5-11)7-15-14-12-6-10(18(20)21)2-4-13(12)16-8-17-14/h2,4,6,8-9,11,19H,1,3,5,7H2,(H,15,16,17). The molecular weight excluding hydrogens is 272 g/mol. The molecule has 2 atom stereocenters. The Morgan fingerprint density at radius 2 is 2.24 bits per heavy atom. The Kier molecular flexibility index (Phi) is 3.66. The Morgan fingerprint density at radius 3 is 2.95 bits per heavy atom. The van der Waals surface area contributed by atoms with Crippen LogP contribution in [-0.4, -0.2) is 32.6 Å². The summed E-state index contributed by atoms with van der Waals surface area (Å²) in [6, 6.07) is 4.55. The summed E-state index contributed by atoms with van der Waals surface area (Å²) in [6.45, 7) is 0.700. The third-order valence-corrected chi connectivity index (χ3v) is 3.90. The molecule has 7 heteroatoms. The first-order valence-electron chi connectivity index (χ1n) is 6.94. The van der Waals surface area contributed by atoms with E-state index in [2.05, 4.69) is 15.3 Å². The van der Waals surface area contributed by atoms with Gasteiger partial charge in [-0.05, 0) is 31.2 Å². The van der Waals surface area contributed by atoms with Gasteiger partial charge >= 0.3 is 0 Å². The van der Waals surface area contributed by atoms with E-state index >= 15 is 0 Å². The van der Waals surface area contributed by atoms with Crippen molar-refractivity contribution in [3.05, 3.63) is 34.6 Å². The Hall–Kier alpha value is -2.28. The number of aromatic nitrogens is 2. The number of hydrogen-bond donors (Lipinski definition) is 2. The quantitative estimate of drug-likeness (QED) is 0.660. The third kappa shape index (κ3) is 2.92. The molecule has 0 bridgehead atoms. The summed E-state index contributed by atoms with van der Waals surface area (Å²) in [5.41, 5.74) is 0.696. The fourth-order valence-corrected chi connectivity index (χ4v) is 2.77. The summed E-state index contributed by atoms with van der Waals surface area (Å²) in [6.07, 6.45) is 3.84. The molecule has 2 aromatic rings. The maximum Gasteiger partial charge on any atom is 0.270 e. The van der Waals surface area contributed by atoms with Gasteiger partial charge in [-0.2, -0.15) is 0 Å². The molecule has 2 unspecified atom stereocenters. The van der Waals surface area contributed by atoms with Gasteiger partial charge in [-0.25, -0.2) is 9.97 Å². The second-order valence-electron chi connectivity index (χ2n) is 5.39. The summed E-state index contributed by atoms with van der Waals surface area (Å²) in [7, 11) is 0. The number of nitrogens with zero attached hydrogens (tertiary/aromatic N) is 3. The van der Waals surface area contributed by atoms with Crippen LogP contribution in [-0.2, 0) is 0 Å². The molecular formula is C14H16N4O3. The van der Waals surface area contributed by atoms with Crippen molar-refractivity contribution in [1.82, 2.24) is 9.97 Å². The van der Waals surface area contributed by atoms with Gasteiger partial charge in [0.05, 0.1) is 16.5 Å². The molecule has 21 heavy (non-hydrogen) atoms. The minimum atomic E-state index is -0.427. The normalized spacial score (nSPS) is 21.6. The number of anilines is 1. The average Bonchev–Trinajstić information content (AvgIpc) is 2.90. The molecule has 0 saturated heterocycles. The smallest absolute Gasteiger partial charge is 0.270 e. The number of benzene rings is 1. The first-order chi connectivity index (χ1) is 10.1. The van der Waals surface area contributed by atoms with Crippen LogP contribution in [0.5, 0.6) is 0 Å². The van der Waals surface area contributed by atoms with Gasteiger partial charge in [-0.1, -0.05) is 0 Å². The van der Waals surface area contributed by atoms with Crippen molar-refractivity contribution in [2.24, 2.45) is 5.92 Å². The fraction of sp³-hybridized carbons (Fsp3) is 0.429. The molecule has 7 nitrogen and oxygen atoms in total. The predicted octanol–water partition coefficient (Wildman–Crippen LogP) is 2.11. The van der Waals surface area contributed by atoms with Crippen LogP contribution in [0.25, 0.3) is 10.9 Å². The lowest BCUT2D eigenvalue weighted by molar-refractivity contribution is -0.384. The van der Waals surface area contributed by atoms with Crippen molar-refractivity contribution in [2.75, 3.05) is 11.9 Å². The first-order valence-corrected chi connectivity index (χ1v) is 6.94. The highest BCUT2D eigenvalue weighted by Gasteiger charge is 2.22. The van der Waals surface area contributed by atoms with E-state index in [0.29, 0.717) is 29.2 Å². The van der Waals surface area contributed by atoms with Gasteiger partial charge in [0, 0.05) is 24.1 Å². The zero-order valence-corrected chi connectivity index (χ0v) is 11.4. The Morgan fingerprint density at radius 1 is 1.38 bits per heavy atom. The van der Waals surface area contributed by atoms with E-state index in [1.807, 2.05) is 0 Å². The second kappa shape index (κ2) is 5.61. The molecule has 1 aliphatic rings. The molecule has 1 aromatic heterocycles. The van der Waals surface area contributed by atoms with Crippen LogP contribution < -0.4 is 5.32 Å². The molecule has 1 heterocycles. The topological polar surface area (TPSA) is 101 Å². The molecule has 1 fully saturated rings. The fourth-order valence-electron chi connectivity index (χ4n) is 2.77. The van der Waals surface area contributed by atoms with Gasteiger partial charge in [0.25, 0.3) is 5.69 Å². The molecule has 110 valence electrons. The number of nitro benzene ring substituents is 1. The highest BCUT2D eigenvalue weighted by Crippen LogP contribution is 2.28. The molecule has 1 aliphatic carbocycles. The number of aliphatic hydroxyl groups excluding tert-OH is 1. The summed E-state index contributed by atoms with van der Waals surface area (Å²) in [4.78, 5) is 18.7. The maximum absolute atomic E-state index is 10.9. The zero-order chi connectivity index (χ0) is 14.8. The summed E-state index contributed by atoms with van der Waals surface area (Å²) >= 11 is 0. The molecule has 1 aromatic carbocycles. The minimum absolute atomic E-state index is 0.0247. The van der Waals surface area contributed by atoms with Crippen molar-refractivity contribution in [3.8, 4) is 0 Å². The number of non-ortho nitro benzene ring substituents is 1. The van der Waals surface area contributed by atoms with Gasteiger partial charge < -0.3 is 10.4 Å². The SMILES string of the molecule is O=[N+]([O-])c1ccc2ncnc(NCC3CCC(O)C3)c2c1. The number of aliphatic hydroxyl groups is 1. The van der Waals surface area contributed by atoms with Crippen molar-refractivity contribution in [2.45, 2.75) is 25.4 Å². The molecule has 1 saturated carbocycles. The van der Waals surface area contributed by atoms with Gasteiger partial charge in [0.2, 0.25) is 0 Å². The van der Waals surface area contributed by atoms with Crippen LogP contribution in [0.1, 0.15) is 19.3 Å². The second-order valence-corrected chi connectivity index (χ2v) is 5.39. The first kappa shape index (κ1) is 13.7. The van der Waals surface area contributed by atoms with Crippen LogP contribution >= 0.6 is 0 Å². The van der Waals surface area contributed by atoms with E-state index in [9.17, 15) is 15.2 Å².